The number of alkyl halides is 1. The molecule has 3 aromatic rings. The molecule has 0 bridgehead atoms. The summed E-state index contributed by atoms with van der Waals surface area (Å²) in [6.07, 6.45) is -2.41. The van der Waals surface area contributed by atoms with Crippen molar-refractivity contribution in [1.82, 2.24) is 9.55 Å². The van der Waals surface area contributed by atoms with Gasteiger partial charge in [0.1, 0.15) is 25.2 Å². The summed E-state index contributed by atoms with van der Waals surface area (Å²) in [5.74, 6) is -8.05. The van der Waals surface area contributed by atoms with Gasteiger partial charge in [0.2, 0.25) is 17.4 Å². The van der Waals surface area contributed by atoms with Gasteiger partial charge in [-0.25, -0.2) is 9.18 Å². The molecule has 11 heteroatoms. The number of aliphatic hydroxyl groups is 1. The Hall–Kier alpha value is -4.06. The Kier molecular flexibility index (Phi) is 7.15. The predicted octanol–water partition coefficient (Wildman–Crippen LogP) is 1.06. The molecule has 0 spiro atoms. The zero-order valence-corrected chi connectivity index (χ0v) is 18.7. The molecule has 10 nitrogen and oxygen atoms in total. The van der Waals surface area contributed by atoms with Crippen LogP contribution in [0.1, 0.15) is 26.9 Å². The Morgan fingerprint density at radius 1 is 1.00 bits per heavy atom. The van der Waals surface area contributed by atoms with Crippen molar-refractivity contribution in [3.8, 4) is 0 Å². The van der Waals surface area contributed by atoms with Crippen molar-refractivity contribution in [2.24, 2.45) is 5.92 Å². The van der Waals surface area contributed by atoms with Gasteiger partial charge in [-0.3, -0.25) is 28.7 Å². The van der Waals surface area contributed by atoms with E-state index in [1.54, 1.807) is 24.3 Å². The van der Waals surface area contributed by atoms with E-state index >= 15 is 4.39 Å². The third-order valence-electron chi connectivity index (χ3n) is 5.78. The van der Waals surface area contributed by atoms with E-state index < -0.39 is 65.9 Å². The number of H-pyrrole nitrogens is 1. The van der Waals surface area contributed by atoms with Crippen LogP contribution in [0.5, 0.6) is 0 Å². The third-order valence-corrected chi connectivity index (χ3v) is 5.78. The van der Waals surface area contributed by atoms with Gasteiger partial charge in [-0.05, 0) is 0 Å². The van der Waals surface area contributed by atoms with E-state index in [-0.39, 0.29) is 11.1 Å². The number of carbonyl (C=O) groups excluding carboxylic acids is 3. The van der Waals surface area contributed by atoms with Crippen LogP contribution in [0, 0.1) is 5.92 Å². The Balaban J connectivity index is 1.74. The fraction of sp³-hybridized carbons (Fsp3) is 0.240. The monoisotopic (exact) mass is 496 g/mol. The van der Waals surface area contributed by atoms with Crippen LogP contribution in [0.15, 0.2) is 82.5 Å². The number of rotatable bonds is 9. The molecule has 2 N–H and O–H groups in total. The number of Topliss-reactive ketones (excluding diaryl/α,β-unsaturated/α-hetero) is 3. The van der Waals surface area contributed by atoms with E-state index in [1.165, 1.54) is 36.4 Å². The molecule has 36 heavy (non-hydrogen) atoms. The van der Waals surface area contributed by atoms with Crippen LogP contribution >= 0.6 is 0 Å². The average Bonchev–Trinajstić information content (AvgIpc) is 3.19. The smallest absolute Gasteiger partial charge is 0.330 e. The molecule has 0 aliphatic carbocycles. The predicted molar refractivity (Wildman–Crippen MR) is 122 cm³/mol. The number of nitrogens with zero attached hydrogens (tertiary/aromatic N) is 1. The summed E-state index contributed by atoms with van der Waals surface area (Å²) in [5, 5.41) is 9.82. The normalized spacial score (nSPS) is 23.3. The number of nitrogens with one attached hydrogen (secondary N) is 1. The molecular weight excluding hydrogens is 475 g/mol. The first-order valence-corrected chi connectivity index (χ1v) is 10.9. The number of benzene rings is 2. The van der Waals surface area contributed by atoms with E-state index in [1.807, 2.05) is 4.98 Å². The highest BCUT2D eigenvalue weighted by Gasteiger charge is 2.61. The van der Waals surface area contributed by atoms with Gasteiger partial charge in [0, 0.05) is 23.4 Å². The van der Waals surface area contributed by atoms with Gasteiger partial charge in [0.25, 0.3) is 5.56 Å². The lowest BCUT2D eigenvalue weighted by Gasteiger charge is -2.25. The van der Waals surface area contributed by atoms with Crippen molar-refractivity contribution in [2.75, 3.05) is 13.2 Å². The Morgan fingerprint density at radius 3 is 2.19 bits per heavy atom. The number of carbonyl (C=O) groups is 3. The molecule has 1 aliphatic heterocycles. The first kappa shape index (κ1) is 25.0. The molecule has 1 aromatic heterocycles. The lowest BCUT2D eigenvalue weighted by Crippen LogP contribution is -2.46. The number of aliphatic hydroxyl groups excluding tert-OH is 1. The number of aromatic amines is 1. The first-order chi connectivity index (χ1) is 17.2. The second kappa shape index (κ2) is 10.3. The Morgan fingerprint density at radius 2 is 1.61 bits per heavy atom. The molecule has 1 fully saturated rings. The van der Waals surface area contributed by atoms with Gasteiger partial charge in [0.15, 0.2) is 12.0 Å². The number of halogens is 1. The summed E-state index contributed by atoms with van der Waals surface area (Å²) in [7, 11) is 0. The third kappa shape index (κ3) is 4.85. The minimum atomic E-state index is -3.14. The van der Waals surface area contributed by atoms with Crippen LogP contribution in [-0.4, -0.2) is 57.2 Å². The first-order valence-electron chi connectivity index (χ1n) is 10.9. The van der Waals surface area contributed by atoms with Gasteiger partial charge < -0.3 is 14.6 Å². The van der Waals surface area contributed by atoms with Crippen LogP contribution in [0.4, 0.5) is 4.39 Å². The van der Waals surface area contributed by atoms with Crippen molar-refractivity contribution in [3.05, 3.63) is 105 Å². The SMILES string of the molecule is O=C(CO[C@H]1[C@H](n2ccc(=O)[nH]c2=O)O[C@](F)(CO)[C@H]1C(=O)C(=O)c1ccccc1)c1ccccc1. The Labute approximate surface area is 202 Å². The fourth-order valence-electron chi connectivity index (χ4n) is 4.01. The Bertz CT molecular complexity index is 1390. The number of ketones is 3. The molecule has 1 aliphatic rings. The molecule has 0 radical (unpaired) electrons. The highest BCUT2D eigenvalue weighted by atomic mass is 19.2. The highest BCUT2D eigenvalue weighted by Crippen LogP contribution is 2.44. The van der Waals surface area contributed by atoms with Crippen LogP contribution in [0.2, 0.25) is 0 Å². The molecular formula is C25H21FN2O8. The van der Waals surface area contributed by atoms with E-state index in [4.69, 9.17) is 9.47 Å². The number of hydrogen-bond acceptors (Lipinski definition) is 8. The lowest BCUT2D eigenvalue weighted by molar-refractivity contribution is -0.194. The van der Waals surface area contributed by atoms with Crippen molar-refractivity contribution in [2.45, 2.75) is 18.2 Å². The van der Waals surface area contributed by atoms with Crippen molar-refractivity contribution in [1.29, 1.82) is 0 Å². The summed E-state index contributed by atoms with van der Waals surface area (Å²) in [4.78, 5) is 64.7. The van der Waals surface area contributed by atoms with Crippen molar-refractivity contribution < 1.29 is 33.4 Å². The van der Waals surface area contributed by atoms with Gasteiger partial charge >= 0.3 is 5.69 Å². The zero-order valence-electron chi connectivity index (χ0n) is 18.7. The van der Waals surface area contributed by atoms with E-state index in [0.29, 0.717) is 0 Å². The largest absolute Gasteiger partial charge is 0.390 e. The van der Waals surface area contributed by atoms with Gasteiger partial charge in [-0.1, -0.05) is 60.7 Å². The van der Waals surface area contributed by atoms with E-state index in [9.17, 15) is 29.1 Å². The maximum Gasteiger partial charge on any atom is 0.330 e. The molecule has 2 aromatic carbocycles. The molecule has 0 saturated carbocycles. The maximum atomic E-state index is 15.9. The standard InChI is InChI=1S/C25H21FN2O8/c26-25(14-29)19(21(33)20(32)16-9-5-2-6-10-16)22(35-13-17(30)15-7-3-1-4-8-15)23(36-25)28-12-11-18(31)27-24(28)34/h1-12,19,22-23,29H,13-14H2,(H,27,31,34)/t19-,22+,23+,25+/m0/s1. The summed E-state index contributed by atoms with van der Waals surface area (Å²) in [5.41, 5.74) is -1.53. The number of hydrogen-bond donors (Lipinski definition) is 2. The zero-order chi connectivity index (χ0) is 25.9. The molecule has 0 unspecified atom stereocenters. The van der Waals surface area contributed by atoms with Gasteiger partial charge in [0.05, 0.1) is 0 Å². The fourth-order valence-corrected chi connectivity index (χ4v) is 4.01. The quantitative estimate of drug-likeness (QED) is 0.331. The van der Waals surface area contributed by atoms with E-state index in [0.717, 1.165) is 16.8 Å². The summed E-state index contributed by atoms with van der Waals surface area (Å²) >= 11 is 0. The van der Waals surface area contributed by atoms with Crippen LogP contribution in [0.3, 0.4) is 0 Å². The topological polar surface area (TPSA) is 145 Å². The van der Waals surface area contributed by atoms with Crippen molar-refractivity contribution in [3.63, 3.8) is 0 Å². The highest BCUT2D eigenvalue weighted by molar-refractivity contribution is 6.44. The van der Waals surface area contributed by atoms with Gasteiger partial charge in [-0.15, -0.1) is 0 Å². The van der Waals surface area contributed by atoms with Crippen molar-refractivity contribution >= 4 is 17.3 Å². The molecule has 2 heterocycles. The number of aromatic nitrogens is 2. The number of ether oxygens (including phenoxy) is 2. The molecule has 186 valence electrons. The molecule has 0 amide bonds. The molecule has 1 saturated heterocycles. The van der Waals surface area contributed by atoms with Gasteiger partial charge in [-0.2, -0.15) is 0 Å². The lowest BCUT2D eigenvalue weighted by atomic mass is 9.87. The second-order valence-electron chi connectivity index (χ2n) is 8.07. The maximum absolute atomic E-state index is 15.9. The molecule has 4 rings (SSSR count). The van der Waals surface area contributed by atoms with Crippen LogP contribution in [0.25, 0.3) is 0 Å². The van der Waals surface area contributed by atoms with E-state index in [2.05, 4.69) is 0 Å². The summed E-state index contributed by atoms with van der Waals surface area (Å²) in [6, 6.07) is 16.3. The minimum Gasteiger partial charge on any atom is -0.390 e. The second-order valence-corrected chi connectivity index (χ2v) is 8.07. The summed E-state index contributed by atoms with van der Waals surface area (Å²) < 4.78 is 27.6. The van der Waals surface area contributed by atoms with Crippen LogP contribution in [-0.2, 0) is 14.3 Å². The summed E-state index contributed by atoms with van der Waals surface area (Å²) in [6.45, 7) is -2.01. The molecule has 4 atom stereocenters. The minimum absolute atomic E-state index is 0.0356. The van der Waals surface area contributed by atoms with Crippen LogP contribution < -0.4 is 11.2 Å². The average molecular weight is 496 g/mol.